The van der Waals surface area contributed by atoms with Gasteiger partial charge in [0.15, 0.2) is 0 Å². The molecule has 2 atom stereocenters. The van der Waals surface area contributed by atoms with Crippen LogP contribution in [-0.4, -0.2) is 50.6 Å². The first kappa shape index (κ1) is 17.8. The summed E-state index contributed by atoms with van der Waals surface area (Å²) in [6.07, 6.45) is 9.52. The fourth-order valence-electron chi connectivity index (χ4n) is 3.66. The van der Waals surface area contributed by atoms with Gasteiger partial charge in [0, 0.05) is 25.0 Å². The number of carbonyl (C=O) groups excluding carboxylic acids is 2. The van der Waals surface area contributed by atoms with Crippen LogP contribution < -0.4 is 11.1 Å². The van der Waals surface area contributed by atoms with Crippen LogP contribution >= 0.6 is 0 Å². The summed E-state index contributed by atoms with van der Waals surface area (Å²) in [5.41, 5.74) is 5.94. The van der Waals surface area contributed by atoms with E-state index in [1.807, 2.05) is 4.90 Å². The molecule has 2 amide bonds. The Morgan fingerprint density at radius 2 is 1.92 bits per heavy atom. The monoisotopic (exact) mass is 348 g/mol. The molecule has 1 saturated carbocycles. The molecule has 138 valence electrons. The van der Waals surface area contributed by atoms with Gasteiger partial charge in [-0.25, -0.2) is 9.67 Å². The third-order valence-electron chi connectivity index (χ3n) is 5.11. The second kappa shape index (κ2) is 8.42. The summed E-state index contributed by atoms with van der Waals surface area (Å²) < 4.78 is 1.50. The zero-order valence-electron chi connectivity index (χ0n) is 14.7. The fraction of sp³-hybridized carbons (Fsp3) is 0.765. The van der Waals surface area contributed by atoms with Gasteiger partial charge in [0.05, 0.1) is 0 Å². The number of anilines is 1. The number of hydrogen-bond acceptors (Lipinski definition) is 5. The second-order valence-electron chi connectivity index (χ2n) is 7.17. The summed E-state index contributed by atoms with van der Waals surface area (Å²) in [6, 6.07) is 0.0984. The van der Waals surface area contributed by atoms with E-state index in [9.17, 15) is 9.59 Å². The number of hydrogen-bond donors (Lipinski definition) is 2. The Balaban J connectivity index is 1.51. The van der Waals surface area contributed by atoms with Crippen LogP contribution in [0.5, 0.6) is 0 Å². The van der Waals surface area contributed by atoms with E-state index in [1.165, 1.54) is 23.9 Å². The van der Waals surface area contributed by atoms with Gasteiger partial charge in [0.2, 0.25) is 17.8 Å². The summed E-state index contributed by atoms with van der Waals surface area (Å²) >= 11 is 0. The highest BCUT2D eigenvalue weighted by Crippen LogP contribution is 2.24. The Morgan fingerprint density at radius 3 is 2.64 bits per heavy atom. The Kier molecular flexibility index (Phi) is 6.01. The van der Waals surface area contributed by atoms with Crippen LogP contribution in [0.15, 0.2) is 6.33 Å². The van der Waals surface area contributed by atoms with Crippen LogP contribution in [0.3, 0.4) is 0 Å². The lowest BCUT2D eigenvalue weighted by Crippen LogP contribution is -2.35. The molecule has 3 N–H and O–H groups in total. The number of rotatable bonds is 4. The van der Waals surface area contributed by atoms with Gasteiger partial charge < -0.3 is 10.6 Å². The van der Waals surface area contributed by atoms with E-state index in [0.717, 1.165) is 45.2 Å². The van der Waals surface area contributed by atoms with E-state index in [0.29, 0.717) is 6.42 Å². The van der Waals surface area contributed by atoms with Crippen LogP contribution in [0.2, 0.25) is 0 Å². The minimum absolute atomic E-state index is 0.0583. The van der Waals surface area contributed by atoms with Gasteiger partial charge in [-0.1, -0.05) is 19.3 Å². The average Bonchev–Trinajstić information content (AvgIpc) is 2.85. The highest BCUT2D eigenvalue weighted by Gasteiger charge is 2.26. The minimum Gasteiger partial charge on any atom is -0.341 e. The molecule has 0 radical (unpaired) electrons. The van der Waals surface area contributed by atoms with Gasteiger partial charge in [-0.15, -0.1) is 5.10 Å². The van der Waals surface area contributed by atoms with Gasteiger partial charge in [-0.3, -0.25) is 14.9 Å². The molecule has 2 unspecified atom stereocenters. The Morgan fingerprint density at radius 1 is 1.16 bits per heavy atom. The number of nitrogens with zero attached hydrogens (tertiary/aromatic N) is 4. The second-order valence-corrected chi connectivity index (χ2v) is 7.17. The van der Waals surface area contributed by atoms with Crippen molar-refractivity contribution in [3.63, 3.8) is 0 Å². The maximum atomic E-state index is 12.4. The van der Waals surface area contributed by atoms with Crippen molar-refractivity contribution in [2.24, 2.45) is 11.7 Å². The Bertz CT molecular complexity index is 563. The molecule has 0 spiro atoms. The number of amides is 2. The number of aromatic nitrogens is 3. The topological polar surface area (TPSA) is 106 Å². The van der Waals surface area contributed by atoms with Crippen molar-refractivity contribution >= 4 is 17.8 Å². The predicted molar refractivity (Wildman–Crippen MR) is 93.6 cm³/mol. The minimum atomic E-state index is -0.0771. The zero-order chi connectivity index (χ0) is 17.6. The molecule has 25 heavy (non-hydrogen) atoms. The zero-order valence-corrected chi connectivity index (χ0v) is 14.7. The average molecular weight is 348 g/mol. The maximum absolute atomic E-state index is 12.4. The van der Waals surface area contributed by atoms with Crippen LogP contribution in [0.25, 0.3) is 0 Å². The molecule has 1 aliphatic heterocycles. The van der Waals surface area contributed by atoms with Gasteiger partial charge in [0.25, 0.3) is 0 Å². The first-order valence-corrected chi connectivity index (χ1v) is 9.35. The van der Waals surface area contributed by atoms with Crippen molar-refractivity contribution < 1.29 is 9.59 Å². The molecule has 2 aliphatic rings. The molecule has 1 saturated heterocycles. The standard InChI is InChI=1S/C17H28N6O2/c18-14-7-5-6-13(10-14)16(25)20-17-19-12-23(21-17)11-15(24)22-8-3-1-2-4-9-22/h12-14H,1-11,18H2,(H,20,21,25). The molecule has 0 bridgehead atoms. The Labute approximate surface area is 148 Å². The van der Waals surface area contributed by atoms with Crippen molar-refractivity contribution in [1.82, 2.24) is 19.7 Å². The van der Waals surface area contributed by atoms with Gasteiger partial charge in [-0.2, -0.15) is 0 Å². The first-order valence-electron chi connectivity index (χ1n) is 9.35. The summed E-state index contributed by atoms with van der Waals surface area (Å²) in [5, 5.41) is 6.97. The normalized spacial score (nSPS) is 24.6. The number of likely N-dealkylation sites (tertiary alicyclic amines) is 1. The van der Waals surface area contributed by atoms with Crippen molar-refractivity contribution in [3.05, 3.63) is 6.33 Å². The molecule has 0 aromatic carbocycles. The van der Waals surface area contributed by atoms with E-state index < -0.39 is 0 Å². The van der Waals surface area contributed by atoms with Crippen molar-refractivity contribution in [1.29, 1.82) is 0 Å². The van der Waals surface area contributed by atoms with E-state index in [-0.39, 0.29) is 36.3 Å². The highest BCUT2D eigenvalue weighted by atomic mass is 16.2. The van der Waals surface area contributed by atoms with E-state index in [1.54, 1.807) is 0 Å². The summed E-state index contributed by atoms with van der Waals surface area (Å²) in [4.78, 5) is 30.7. The molecule has 2 heterocycles. The number of nitrogens with one attached hydrogen (secondary N) is 1. The van der Waals surface area contributed by atoms with Crippen LogP contribution in [0.1, 0.15) is 51.4 Å². The number of carbonyl (C=O) groups is 2. The molecule has 1 aromatic heterocycles. The van der Waals surface area contributed by atoms with Gasteiger partial charge in [-0.05, 0) is 32.1 Å². The van der Waals surface area contributed by atoms with E-state index in [4.69, 9.17) is 5.73 Å². The number of nitrogens with two attached hydrogens (primary N) is 1. The van der Waals surface area contributed by atoms with Gasteiger partial charge in [0.1, 0.15) is 12.9 Å². The molecule has 3 rings (SSSR count). The molecule has 1 aromatic rings. The summed E-state index contributed by atoms with van der Waals surface area (Å²) in [5.74, 6) is 0.164. The van der Waals surface area contributed by atoms with Crippen molar-refractivity contribution in [2.75, 3.05) is 18.4 Å². The predicted octanol–water partition coefficient (Wildman–Crippen LogP) is 1.14. The third-order valence-corrected chi connectivity index (χ3v) is 5.11. The smallest absolute Gasteiger partial charge is 0.248 e. The summed E-state index contributed by atoms with van der Waals surface area (Å²) in [7, 11) is 0. The molecule has 8 heteroatoms. The summed E-state index contributed by atoms with van der Waals surface area (Å²) in [6.45, 7) is 1.80. The van der Waals surface area contributed by atoms with Crippen LogP contribution in [0, 0.1) is 5.92 Å². The highest BCUT2D eigenvalue weighted by molar-refractivity contribution is 5.91. The van der Waals surface area contributed by atoms with Gasteiger partial charge >= 0.3 is 0 Å². The van der Waals surface area contributed by atoms with Crippen molar-refractivity contribution in [2.45, 2.75) is 64.0 Å². The molecular formula is C17H28N6O2. The molecular weight excluding hydrogens is 320 g/mol. The third kappa shape index (κ3) is 5.01. The Hall–Kier alpha value is -1.96. The lowest BCUT2D eigenvalue weighted by atomic mass is 9.85. The fourth-order valence-corrected chi connectivity index (χ4v) is 3.66. The van der Waals surface area contributed by atoms with Crippen LogP contribution in [-0.2, 0) is 16.1 Å². The largest absolute Gasteiger partial charge is 0.341 e. The lowest BCUT2D eigenvalue weighted by Gasteiger charge is -2.25. The maximum Gasteiger partial charge on any atom is 0.248 e. The van der Waals surface area contributed by atoms with E-state index >= 15 is 0 Å². The first-order chi connectivity index (χ1) is 12.1. The quantitative estimate of drug-likeness (QED) is 0.848. The van der Waals surface area contributed by atoms with Crippen molar-refractivity contribution in [3.8, 4) is 0 Å². The molecule has 1 aliphatic carbocycles. The van der Waals surface area contributed by atoms with E-state index in [2.05, 4.69) is 15.4 Å². The molecule has 8 nitrogen and oxygen atoms in total. The molecule has 2 fully saturated rings. The van der Waals surface area contributed by atoms with Crippen LogP contribution in [0.4, 0.5) is 5.95 Å². The lowest BCUT2D eigenvalue weighted by molar-refractivity contribution is -0.132. The SMILES string of the molecule is NC1CCCC(C(=O)Nc2ncn(CC(=O)N3CCCCCC3)n2)C1.